The van der Waals surface area contributed by atoms with Crippen LogP contribution in [0.1, 0.15) is 31.9 Å². The zero-order valence-electron chi connectivity index (χ0n) is 13.1. The Hall–Kier alpha value is -1.55. The number of likely N-dealkylation sites (N-methyl/N-ethyl adjacent to an activating group) is 1. The quantitative estimate of drug-likeness (QED) is 0.868. The fraction of sp³-hybridized carbons (Fsp3) is 0.562. The fourth-order valence-electron chi connectivity index (χ4n) is 1.85. The molecule has 0 saturated carbocycles. The molecule has 0 aliphatic heterocycles. The summed E-state index contributed by atoms with van der Waals surface area (Å²) in [4.78, 5) is 13.5. The van der Waals surface area contributed by atoms with Gasteiger partial charge in [0.2, 0.25) is 0 Å². The van der Waals surface area contributed by atoms with E-state index in [0.29, 0.717) is 6.54 Å². The van der Waals surface area contributed by atoms with Crippen LogP contribution >= 0.6 is 0 Å². The number of carbonyl (C=O) groups excluding carboxylic acids is 1. The zero-order chi connectivity index (χ0) is 15.3. The van der Waals surface area contributed by atoms with Crippen LogP contribution in [0.4, 0.5) is 4.79 Å². The molecule has 0 spiro atoms. The van der Waals surface area contributed by atoms with E-state index < -0.39 is 0 Å². The lowest BCUT2D eigenvalue weighted by Crippen LogP contribution is -2.47. The molecule has 112 valence electrons. The molecule has 2 amide bonds. The van der Waals surface area contributed by atoms with Gasteiger partial charge in [0.25, 0.3) is 0 Å². The van der Waals surface area contributed by atoms with Crippen LogP contribution in [-0.4, -0.2) is 42.3 Å². The number of nitrogens with zero attached hydrogens (tertiary/aromatic N) is 1. The minimum absolute atomic E-state index is 0.0364. The first kappa shape index (κ1) is 16.5. The second-order valence-corrected chi connectivity index (χ2v) is 6.05. The molecule has 1 aromatic rings. The third-order valence-corrected chi connectivity index (χ3v) is 3.76. The average molecular weight is 278 g/mol. The van der Waals surface area contributed by atoms with Crippen molar-refractivity contribution in [2.45, 2.75) is 39.2 Å². The lowest BCUT2D eigenvalue weighted by atomic mass is 9.84. The van der Waals surface area contributed by atoms with E-state index in [4.69, 9.17) is 5.11 Å². The molecule has 0 saturated heterocycles. The molecule has 1 atom stereocenters. The van der Waals surface area contributed by atoms with Crippen LogP contribution < -0.4 is 5.32 Å². The van der Waals surface area contributed by atoms with Crippen molar-refractivity contribution in [3.63, 3.8) is 0 Å². The number of amides is 2. The van der Waals surface area contributed by atoms with Crippen LogP contribution in [0.25, 0.3) is 0 Å². The summed E-state index contributed by atoms with van der Waals surface area (Å²) in [5, 5.41) is 12.0. The van der Waals surface area contributed by atoms with E-state index >= 15 is 0 Å². The van der Waals surface area contributed by atoms with Crippen LogP contribution in [0.15, 0.2) is 24.3 Å². The Morgan fingerprint density at radius 3 is 2.40 bits per heavy atom. The van der Waals surface area contributed by atoms with E-state index in [9.17, 15) is 4.79 Å². The van der Waals surface area contributed by atoms with E-state index in [1.165, 1.54) is 16.0 Å². The number of aryl methyl sites for hydroxylation is 1. The predicted molar refractivity (Wildman–Crippen MR) is 81.9 cm³/mol. The molecule has 0 heterocycles. The van der Waals surface area contributed by atoms with Gasteiger partial charge < -0.3 is 15.3 Å². The number of benzene rings is 1. The zero-order valence-corrected chi connectivity index (χ0v) is 13.1. The molecule has 1 unspecified atom stereocenters. The Balaban J connectivity index is 2.63. The van der Waals surface area contributed by atoms with Crippen molar-refractivity contribution in [3.05, 3.63) is 35.4 Å². The smallest absolute Gasteiger partial charge is 0.317 e. The van der Waals surface area contributed by atoms with Crippen LogP contribution in [0.5, 0.6) is 0 Å². The van der Waals surface area contributed by atoms with Gasteiger partial charge in [0.1, 0.15) is 0 Å². The standard InChI is InChI=1S/C16H26N2O2/c1-12-6-8-14(9-7-12)16(3,4)11-17-15(20)18(5)13(2)10-19/h6-9,13,19H,10-11H2,1-5H3,(H,17,20). The Labute approximate surface area is 121 Å². The third-order valence-electron chi connectivity index (χ3n) is 3.76. The molecular weight excluding hydrogens is 252 g/mol. The van der Waals surface area contributed by atoms with Crippen LogP contribution in [0, 0.1) is 6.92 Å². The highest BCUT2D eigenvalue weighted by Crippen LogP contribution is 2.22. The maximum atomic E-state index is 12.0. The Kier molecular flexibility index (Phi) is 5.57. The Morgan fingerprint density at radius 1 is 1.35 bits per heavy atom. The molecule has 0 fully saturated rings. The summed E-state index contributed by atoms with van der Waals surface area (Å²) in [5.41, 5.74) is 2.29. The molecule has 4 nitrogen and oxygen atoms in total. The monoisotopic (exact) mass is 278 g/mol. The van der Waals surface area contributed by atoms with Gasteiger partial charge in [0.05, 0.1) is 12.6 Å². The average Bonchev–Trinajstić information content (AvgIpc) is 2.43. The molecule has 0 bridgehead atoms. The van der Waals surface area contributed by atoms with E-state index in [2.05, 4.69) is 50.4 Å². The molecule has 2 N–H and O–H groups in total. The minimum Gasteiger partial charge on any atom is -0.394 e. The summed E-state index contributed by atoms with van der Waals surface area (Å²) in [6.45, 7) is 8.60. The molecule has 0 aliphatic rings. The molecule has 0 aliphatic carbocycles. The number of nitrogens with one attached hydrogen (secondary N) is 1. The van der Waals surface area contributed by atoms with Gasteiger partial charge in [0, 0.05) is 19.0 Å². The Bertz CT molecular complexity index is 440. The highest BCUT2D eigenvalue weighted by molar-refractivity contribution is 5.74. The summed E-state index contributed by atoms with van der Waals surface area (Å²) in [5.74, 6) is 0. The molecule has 4 heteroatoms. The summed E-state index contributed by atoms with van der Waals surface area (Å²) in [7, 11) is 1.69. The summed E-state index contributed by atoms with van der Waals surface area (Å²) < 4.78 is 0. The van der Waals surface area contributed by atoms with E-state index in [0.717, 1.165) is 0 Å². The number of urea groups is 1. The van der Waals surface area contributed by atoms with Crippen molar-refractivity contribution in [2.24, 2.45) is 0 Å². The highest BCUT2D eigenvalue weighted by Gasteiger charge is 2.23. The van der Waals surface area contributed by atoms with Gasteiger partial charge >= 0.3 is 6.03 Å². The first-order valence-corrected chi connectivity index (χ1v) is 6.96. The number of aliphatic hydroxyl groups excluding tert-OH is 1. The molecule has 1 aromatic carbocycles. The Morgan fingerprint density at radius 2 is 1.90 bits per heavy atom. The van der Waals surface area contributed by atoms with Gasteiger partial charge in [-0.1, -0.05) is 43.7 Å². The number of carbonyl (C=O) groups is 1. The highest BCUT2D eigenvalue weighted by atomic mass is 16.3. The third kappa shape index (κ3) is 4.23. The molecule has 0 aromatic heterocycles. The van der Waals surface area contributed by atoms with Crippen molar-refractivity contribution in [1.29, 1.82) is 0 Å². The largest absolute Gasteiger partial charge is 0.394 e. The predicted octanol–water partition coefficient (Wildman–Crippen LogP) is 2.29. The fourth-order valence-corrected chi connectivity index (χ4v) is 1.85. The van der Waals surface area contributed by atoms with Crippen LogP contribution in [-0.2, 0) is 5.41 Å². The number of aliphatic hydroxyl groups is 1. The summed E-state index contributed by atoms with van der Waals surface area (Å²) >= 11 is 0. The topological polar surface area (TPSA) is 52.6 Å². The number of rotatable bonds is 5. The maximum Gasteiger partial charge on any atom is 0.317 e. The lowest BCUT2D eigenvalue weighted by molar-refractivity contribution is 0.156. The minimum atomic E-state index is -0.183. The molecule has 0 radical (unpaired) electrons. The summed E-state index contributed by atoms with van der Waals surface area (Å²) in [6, 6.07) is 8.02. The first-order chi connectivity index (χ1) is 9.27. The van der Waals surface area contributed by atoms with Gasteiger partial charge in [-0.15, -0.1) is 0 Å². The van der Waals surface area contributed by atoms with Crippen molar-refractivity contribution in [1.82, 2.24) is 10.2 Å². The first-order valence-electron chi connectivity index (χ1n) is 6.96. The molecular formula is C16H26N2O2. The molecule has 20 heavy (non-hydrogen) atoms. The maximum absolute atomic E-state index is 12.0. The second-order valence-electron chi connectivity index (χ2n) is 6.05. The number of hydrogen-bond donors (Lipinski definition) is 2. The number of hydrogen-bond acceptors (Lipinski definition) is 2. The van der Waals surface area contributed by atoms with Crippen molar-refractivity contribution in [3.8, 4) is 0 Å². The summed E-state index contributed by atoms with van der Waals surface area (Å²) in [6.07, 6.45) is 0. The van der Waals surface area contributed by atoms with Gasteiger partial charge in [0.15, 0.2) is 0 Å². The normalized spacial score (nSPS) is 12.9. The van der Waals surface area contributed by atoms with Gasteiger partial charge in [-0.05, 0) is 19.4 Å². The van der Waals surface area contributed by atoms with Crippen LogP contribution in [0.3, 0.4) is 0 Å². The molecule has 1 rings (SSSR count). The van der Waals surface area contributed by atoms with Crippen molar-refractivity contribution >= 4 is 6.03 Å². The van der Waals surface area contributed by atoms with E-state index in [1.54, 1.807) is 7.05 Å². The van der Waals surface area contributed by atoms with Gasteiger partial charge in [-0.3, -0.25) is 0 Å². The van der Waals surface area contributed by atoms with Gasteiger partial charge in [-0.25, -0.2) is 4.79 Å². The second kappa shape index (κ2) is 6.75. The van der Waals surface area contributed by atoms with Gasteiger partial charge in [-0.2, -0.15) is 0 Å². The van der Waals surface area contributed by atoms with Crippen molar-refractivity contribution < 1.29 is 9.90 Å². The van der Waals surface area contributed by atoms with Crippen molar-refractivity contribution in [2.75, 3.05) is 20.2 Å². The van der Waals surface area contributed by atoms with Crippen LogP contribution in [0.2, 0.25) is 0 Å². The SMILES string of the molecule is Cc1ccc(C(C)(C)CNC(=O)N(C)C(C)CO)cc1. The van der Waals surface area contributed by atoms with E-state index in [-0.39, 0.29) is 24.1 Å². The van der Waals surface area contributed by atoms with E-state index in [1.807, 2.05) is 6.92 Å². The lowest BCUT2D eigenvalue weighted by Gasteiger charge is -2.29.